The van der Waals surface area contributed by atoms with E-state index < -0.39 is 5.91 Å². The summed E-state index contributed by atoms with van der Waals surface area (Å²) in [7, 11) is 0. The predicted molar refractivity (Wildman–Crippen MR) is 152 cm³/mol. The molecule has 2 saturated heterocycles. The third kappa shape index (κ3) is 6.05. The first kappa shape index (κ1) is 26.3. The molecule has 1 amide bonds. The van der Waals surface area contributed by atoms with E-state index in [-0.39, 0.29) is 11.3 Å². The van der Waals surface area contributed by atoms with Crippen molar-refractivity contribution >= 4 is 58.3 Å². The number of nitrogens with zero attached hydrogens (tertiary/aromatic N) is 5. The topological polar surface area (TPSA) is 107 Å². The Bertz CT molecular complexity index is 1270. The molecular formula is C27H31Cl2N7O2. The highest BCUT2D eigenvalue weighted by Crippen LogP contribution is 2.33. The number of hydrogen-bond donors (Lipinski definition) is 3. The number of carbonyl (C=O) groups is 1. The van der Waals surface area contributed by atoms with Crippen LogP contribution in [-0.2, 0) is 0 Å². The summed E-state index contributed by atoms with van der Waals surface area (Å²) in [5.74, 6) is 1.15. The Hall–Kier alpha value is -3.30. The summed E-state index contributed by atoms with van der Waals surface area (Å²) >= 11 is 12.5. The van der Waals surface area contributed by atoms with Crippen LogP contribution in [-0.4, -0.2) is 52.1 Å². The van der Waals surface area contributed by atoms with Gasteiger partial charge in [-0.15, -0.1) is 0 Å². The number of piperidine rings is 2. The molecule has 3 aromatic rings. The van der Waals surface area contributed by atoms with Crippen molar-refractivity contribution in [2.24, 2.45) is 0 Å². The van der Waals surface area contributed by atoms with E-state index in [1.54, 1.807) is 12.1 Å². The van der Waals surface area contributed by atoms with E-state index in [1.165, 1.54) is 25.0 Å². The van der Waals surface area contributed by atoms with Crippen LogP contribution in [0.15, 0.2) is 30.3 Å². The minimum atomic E-state index is -0.486. The second kappa shape index (κ2) is 11.6. The average molecular weight is 556 g/mol. The maximum absolute atomic E-state index is 12.8. The average Bonchev–Trinajstić information content (AvgIpc) is 2.91. The minimum absolute atomic E-state index is 0.104. The normalized spacial score (nSPS) is 15.9. The molecule has 2 aliphatic rings. The molecule has 3 heterocycles. The number of hydrogen-bond acceptors (Lipinski definition) is 8. The number of carbonyl (C=O) groups excluding carboxylic acids is 1. The molecule has 0 saturated carbocycles. The van der Waals surface area contributed by atoms with Crippen LogP contribution in [0.5, 0.6) is 5.75 Å². The molecule has 2 aromatic carbocycles. The minimum Gasteiger partial charge on any atom is -0.507 e. The Labute approximate surface area is 232 Å². The number of amides is 1. The Morgan fingerprint density at radius 2 is 1.47 bits per heavy atom. The molecule has 3 N–H and O–H groups in total. The summed E-state index contributed by atoms with van der Waals surface area (Å²) in [6, 6.07) is 7.92. The van der Waals surface area contributed by atoms with Gasteiger partial charge in [0.2, 0.25) is 17.8 Å². The third-order valence-electron chi connectivity index (χ3n) is 6.88. The van der Waals surface area contributed by atoms with E-state index in [9.17, 15) is 9.90 Å². The summed E-state index contributed by atoms with van der Waals surface area (Å²) in [4.78, 5) is 31.6. The Morgan fingerprint density at radius 3 is 2.03 bits per heavy atom. The SMILES string of the molecule is Cc1cc(Nc2nc(N3CCCCC3)nc(N3CCCCC3)n2)cc(Cl)c1NC(=O)c1ccc(Cl)cc1O. The largest absolute Gasteiger partial charge is 0.507 e. The number of phenolic OH excluding ortho intramolecular Hbond substituents is 1. The summed E-state index contributed by atoms with van der Waals surface area (Å²) in [5.41, 5.74) is 1.99. The number of phenols is 1. The van der Waals surface area contributed by atoms with Crippen molar-refractivity contribution in [1.82, 2.24) is 15.0 Å². The maximum Gasteiger partial charge on any atom is 0.259 e. The monoisotopic (exact) mass is 555 g/mol. The van der Waals surface area contributed by atoms with Gasteiger partial charge in [-0.2, -0.15) is 15.0 Å². The van der Waals surface area contributed by atoms with Crippen molar-refractivity contribution in [3.63, 3.8) is 0 Å². The van der Waals surface area contributed by atoms with Crippen molar-refractivity contribution < 1.29 is 9.90 Å². The van der Waals surface area contributed by atoms with Crippen molar-refractivity contribution in [1.29, 1.82) is 0 Å². The van der Waals surface area contributed by atoms with Gasteiger partial charge in [0.25, 0.3) is 5.91 Å². The Kier molecular flexibility index (Phi) is 8.04. The van der Waals surface area contributed by atoms with Gasteiger partial charge in [0.1, 0.15) is 5.75 Å². The quantitative estimate of drug-likeness (QED) is 0.331. The molecule has 0 spiro atoms. The molecule has 0 aliphatic carbocycles. The van der Waals surface area contributed by atoms with Crippen LogP contribution in [0.1, 0.15) is 54.4 Å². The Morgan fingerprint density at radius 1 is 0.868 bits per heavy atom. The van der Waals surface area contributed by atoms with Gasteiger partial charge in [0, 0.05) is 36.9 Å². The van der Waals surface area contributed by atoms with Crippen LogP contribution in [0, 0.1) is 6.92 Å². The van der Waals surface area contributed by atoms with Gasteiger partial charge in [-0.3, -0.25) is 4.79 Å². The van der Waals surface area contributed by atoms with Crippen molar-refractivity contribution in [3.8, 4) is 5.75 Å². The number of rotatable bonds is 6. The van der Waals surface area contributed by atoms with E-state index in [0.29, 0.717) is 39.3 Å². The number of anilines is 5. The van der Waals surface area contributed by atoms with Crippen LogP contribution < -0.4 is 20.4 Å². The fourth-order valence-electron chi connectivity index (χ4n) is 4.86. The zero-order valence-electron chi connectivity index (χ0n) is 21.3. The fraction of sp³-hybridized carbons (Fsp3) is 0.407. The van der Waals surface area contributed by atoms with Gasteiger partial charge in [0.15, 0.2) is 0 Å². The van der Waals surface area contributed by atoms with E-state index in [4.69, 9.17) is 38.2 Å². The lowest BCUT2D eigenvalue weighted by atomic mass is 10.1. The smallest absolute Gasteiger partial charge is 0.259 e. The second-order valence-electron chi connectivity index (χ2n) is 9.74. The molecule has 2 aliphatic heterocycles. The zero-order chi connectivity index (χ0) is 26.6. The van der Waals surface area contributed by atoms with E-state index in [0.717, 1.165) is 57.4 Å². The van der Waals surface area contributed by atoms with Crippen molar-refractivity contribution in [2.45, 2.75) is 45.4 Å². The number of benzene rings is 2. The summed E-state index contributed by atoms with van der Waals surface area (Å²) in [6.45, 7) is 5.59. The number of aromatic hydroxyl groups is 1. The highest BCUT2D eigenvalue weighted by molar-refractivity contribution is 6.34. The first-order valence-electron chi connectivity index (χ1n) is 13.0. The van der Waals surface area contributed by atoms with Gasteiger partial charge in [-0.05, 0) is 81.3 Å². The molecule has 0 bridgehead atoms. The highest BCUT2D eigenvalue weighted by atomic mass is 35.5. The molecule has 38 heavy (non-hydrogen) atoms. The van der Waals surface area contributed by atoms with Gasteiger partial charge in [-0.1, -0.05) is 23.2 Å². The first-order chi connectivity index (χ1) is 18.4. The molecule has 1 aromatic heterocycles. The molecule has 11 heteroatoms. The van der Waals surface area contributed by atoms with Crippen LogP contribution in [0.25, 0.3) is 0 Å². The number of aromatic nitrogens is 3. The molecule has 200 valence electrons. The second-order valence-corrected chi connectivity index (χ2v) is 10.6. The van der Waals surface area contributed by atoms with Crippen molar-refractivity contribution in [2.75, 3.05) is 46.6 Å². The van der Waals surface area contributed by atoms with Crippen LogP contribution in [0.4, 0.5) is 29.2 Å². The first-order valence-corrected chi connectivity index (χ1v) is 13.8. The number of aryl methyl sites for hydroxylation is 1. The van der Waals surface area contributed by atoms with Gasteiger partial charge < -0.3 is 25.5 Å². The molecule has 2 fully saturated rings. The van der Waals surface area contributed by atoms with Gasteiger partial charge in [-0.25, -0.2) is 0 Å². The molecule has 0 unspecified atom stereocenters. The summed E-state index contributed by atoms with van der Waals surface area (Å²) in [5, 5.41) is 16.9. The highest BCUT2D eigenvalue weighted by Gasteiger charge is 2.21. The maximum atomic E-state index is 12.8. The third-order valence-corrected chi connectivity index (χ3v) is 7.41. The molecule has 0 radical (unpaired) electrons. The zero-order valence-corrected chi connectivity index (χ0v) is 22.8. The van der Waals surface area contributed by atoms with Crippen molar-refractivity contribution in [3.05, 3.63) is 51.5 Å². The van der Waals surface area contributed by atoms with E-state index >= 15 is 0 Å². The molecular weight excluding hydrogens is 525 g/mol. The molecule has 0 atom stereocenters. The standard InChI is InChI=1S/C27H31Cl2N7O2/c1-17-14-19(16-21(29)23(17)31-24(38)20-9-8-18(28)15-22(20)37)30-25-32-26(35-10-4-2-5-11-35)34-27(33-25)36-12-6-3-7-13-36/h8-9,14-16,37H,2-7,10-13H2,1H3,(H,31,38)(H,30,32,33,34). The predicted octanol–water partition coefficient (Wildman–Crippen LogP) is 6.17. The lowest BCUT2D eigenvalue weighted by Crippen LogP contribution is -2.34. The van der Waals surface area contributed by atoms with Crippen LogP contribution in [0.3, 0.4) is 0 Å². The fourth-order valence-corrected chi connectivity index (χ4v) is 5.34. The lowest BCUT2D eigenvalue weighted by molar-refractivity contribution is 0.102. The molecule has 5 rings (SSSR count). The van der Waals surface area contributed by atoms with Gasteiger partial charge >= 0.3 is 0 Å². The van der Waals surface area contributed by atoms with E-state index in [2.05, 4.69) is 20.4 Å². The van der Waals surface area contributed by atoms with Crippen LogP contribution >= 0.6 is 23.2 Å². The summed E-state index contributed by atoms with van der Waals surface area (Å²) in [6.07, 6.45) is 6.97. The number of nitrogens with one attached hydrogen (secondary N) is 2. The summed E-state index contributed by atoms with van der Waals surface area (Å²) < 4.78 is 0. The number of halogens is 2. The van der Waals surface area contributed by atoms with Gasteiger partial charge in [0.05, 0.1) is 16.3 Å². The molecule has 9 nitrogen and oxygen atoms in total. The van der Waals surface area contributed by atoms with Crippen LogP contribution in [0.2, 0.25) is 10.0 Å². The van der Waals surface area contributed by atoms with E-state index in [1.807, 2.05) is 13.0 Å². The lowest BCUT2D eigenvalue weighted by Gasteiger charge is -2.30. The Balaban J connectivity index is 1.39.